The maximum absolute atomic E-state index is 8.49. The van der Waals surface area contributed by atoms with Gasteiger partial charge in [0.25, 0.3) is 0 Å². The minimum atomic E-state index is -4.94. The Labute approximate surface area is 477 Å². The highest BCUT2D eigenvalue weighted by Crippen LogP contribution is 2.45. The molecule has 10 nitrogen and oxygen atoms in total. The molecule has 16 heteroatoms. The first-order chi connectivity index (χ1) is 36.3. The predicted octanol–water partition coefficient (Wildman–Crippen LogP) is 7.84. The van der Waals surface area contributed by atoms with Crippen LogP contribution in [0.25, 0.3) is 89.0 Å². The molecular weight excluding hydrogens is 1270 g/mol. The van der Waals surface area contributed by atoms with Gasteiger partial charge in [-0.25, -0.2) is 37.3 Å². The molecule has 2 aromatic heterocycles. The lowest BCUT2D eigenvalue weighted by Crippen LogP contribution is -2.68. The van der Waals surface area contributed by atoms with Gasteiger partial charge in [0.05, 0.1) is 0 Å². The van der Waals surface area contributed by atoms with Gasteiger partial charge in [-0.15, -0.1) is 20.5 Å². The van der Waals surface area contributed by atoms with Crippen molar-refractivity contribution in [2.75, 3.05) is 0 Å². The van der Waals surface area contributed by atoms with E-state index in [-0.39, 0.29) is 0 Å². The third-order valence-electron chi connectivity index (χ3n) is 12.1. The lowest BCUT2D eigenvalue weighted by molar-refractivity contribution is -2.00. The summed E-state index contributed by atoms with van der Waals surface area (Å²) in [7, 11) is -9.89. The minimum Gasteiger partial charge on any atom is -0.222 e. The zero-order valence-corrected chi connectivity index (χ0v) is 47.6. The zero-order valence-electron chi connectivity index (χ0n) is 39.8. The van der Waals surface area contributed by atoms with Gasteiger partial charge in [-0.3, -0.25) is 0 Å². The molecule has 382 valence electrons. The van der Waals surface area contributed by atoms with E-state index in [1.54, 1.807) is 0 Å². The quantitative estimate of drug-likeness (QED) is 0.117. The van der Waals surface area contributed by atoms with Gasteiger partial charge in [0.1, 0.15) is 0 Å². The first-order valence-corrected chi connectivity index (χ1v) is 28.7. The van der Waals surface area contributed by atoms with Gasteiger partial charge < -0.3 is 0 Å². The Hall–Kier alpha value is -5.76. The summed E-state index contributed by atoms with van der Waals surface area (Å²) in [5.41, 5.74) is 18.9. The van der Waals surface area contributed by atoms with Crippen molar-refractivity contribution in [2.24, 2.45) is 0 Å². The van der Waals surface area contributed by atoms with Crippen LogP contribution in [-0.4, -0.2) is 0 Å². The van der Waals surface area contributed by atoms with E-state index >= 15 is 0 Å². The summed E-state index contributed by atoms with van der Waals surface area (Å²) in [6, 6.07) is 74.4. The van der Waals surface area contributed by atoms with Gasteiger partial charge in [-0.2, -0.15) is 9.13 Å². The number of halogens is 6. The van der Waals surface area contributed by atoms with Crippen molar-refractivity contribution >= 4 is 63.7 Å². The summed E-state index contributed by atoms with van der Waals surface area (Å²) in [6.45, 7) is 1.63. The van der Waals surface area contributed by atoms with Crippen LogP contribution in [0.1, 0.15) is 0 Å². The molecule has 0 N–H and O–H groups in total. The molecule has 0 aliphatic rings. The molecule has 0 bridgehead atoms. The Morgan fingerprint density at radius 2 is 0.487 bits per heavy atom. The van der Waals surface area contributed by atoms with Gasteiger partial charge in [0, 0.05) is 42.2 Å². The fourth-order valence-electron chi connectivity index (χ4n) is 8.71. The molecule has 8 aromatic carbocycles. The van der Waals surface area contributed by atoms with Crippen LogP contribution in [0, 0.1) is 20.5 Å². The molecule has 0 atom stereocenters. The Morgan fingerprint density at radius 3 is 0.711 bits per heavy atom. The van der Waals surface area contributed by atoms with Crippen LogP contribution < -0.4 is 46.4 Å². The predicted molar refractivity (Wildman–Crippen MR) is 288 cm³/mol. The first kappa shape index (κ1) is 56.4. The van der Waals surface area contributed by atoms with E-state index < -0.39 is 20.5 Å². The molecule has 0 saturated heterocycles. The largest absolute Gasteiger partial charge is 0.222 e. The fourth-order valence-corrected chi connectivity index (χ4v) is 9.76. The van der Waals surface area contributed by atoms with Gasteiger partial charge in [0.2, 0.25) is 13.1 Å². The van der Waals surface area contributed by atoms with E-state index in [0.29, 0.717) is 0 Å². The molecule has 0 aliphatic carbocycles. The summed E-state index contributed by atoms with van der Waals surface area (Å²) in [5, 5.41) is 0. The Bertz CT molecular complexity index is 3130. The average molecular weight is 1310 g/mol. The van der Waals surface area contributed by atoms with E-state index in [1.807, 2.05) is 0 Å². The van der Waals surface area contributed by atoms with Crippen molar-refractivity contribution in [1.82, 2.24) is 0 Å². The SMILES string of the molecule is Brc1ccc(-c2cc(-c3ccccc3)cc(-c3ccc(Br)cc3)c2-c2cc[n+](CC[n+]3ccc(-c4c(-c5ccc(Br)cc5)cc(-c5ccccc5)cc4-c4ccc(Br)cc4)cc3)cc2)cc1.[O-][Cl+3]([O-])([O-])[O-].[O-][Cl+3]([O-])([O-])[O-]. The second-order valence-corrected chi connectivity index (χ2v) is 22.2. The molecule has 0 spiro atoms. The van der Waals surface area contributed by atoms with E-state index in [1.165, 1.54) is 89.0 Å². The topological polar surface area (TPSA) is 192 Å². The third kappa shape index (κ3) is 15.9. The van der Waals surface area contributed by atoms with Crippen LogP contribution in [0.3, 0.4) is 0 Å². The van der Waals surface area contributed by atoms with E-state index in [9.17, 15) is 0 Å². The fraction of sp³-hybridized carbons (Fsp3) is 0.0333. The summed E-state index contributed by atoms with van der Waals surface area (Å²) in [5.74, 6) is 0. The lowest BCUT2D eigenvalue weighted by Gasteiger charge is -2.19. The van der Waals surface area contributed by atoms with Crippen LogP contribution in [0.15, 0.2) is 249 Å². The highest BCUT2D eigenvalue weighted by Gasteiger charge is 2.21. The van der Waals surface area contributed by atoms with Crippen molar-refractivity contribution < 1.29 is 66.9 Å². The van der Waals surface area contributed by atoms with Gasteiger partial charge in [0.15, 0.2) is 24.8 Å². The van der Waals surface area contributed by atoms with E-state index in [0.717, 1.165) is 31.0 Å². The molecule has 2 heterocycles. The van der Waals surface area contributed by atoms with Crippen LogP contribution in [0.4, 0.5) is 0 Å². The number of aryl methyl sites for hydroxylation is 2. The second-order valence-electron chi connectivity index (χ2n) is 17.1. The Morgan fingerprint density at radius 1 is 0.263 bits per heavy atom. The van der Waals surface area contributed by atoms with Crippen LogP contribution in [-0.2, 0) is 13.1 Å². The smallest absolute Gasteiger partial charge is 0.206 e. The van der Waals surface area contributed by atoms with Gasteiger partial charge in [-0.1, -0.05) is 173 Å². The minimum absolute atomic E-state index is 0.816. The molecule has 0 aliphatic heterocycles. The van der Waals surface area contributed by atoms with E-state index in [4.69, 9.17) is 37.3 Å². The molecule has 0 radical (unpaired) electrons. The van der Waals surface area contributed by atoms with Crippen molar-refractivity contribution in [3.8, 4) is 89.0 Å². The number of hydrogen-bond acceptors (Lipinski definition) is 8. The van der Waals surface area contributed by atoms with Crippen LogP contribution in [0.5, 0.6) is 0 Å². The maximum atomic E-state index is 8.49. The van der Waals surface area contributed by atoms with Gasteiger partial charge in [-0.05, 0) is 162 Å². The van der Waals surface area contributed by atoms with Crippen LogP contribution in [0.2, 0.25) is 0 Å². The monoisotopic (exact) mass is 1300 g/mol. The molecule has 10 rings (SSSR count). The molecule has 76 heavy (non-hydrogen) atoms. The molecule has 0 amide bonds. The van der Waals surface area contributed by atoms with Crippen molar-refractivity contribution in [2.45, 2.75) is 13.1 Å². The van der Waals surface area contributed by atoms with Gasteiger partial charge >= 0.3 is 0 Å². The molecule has 10 aromatic rings. The maximum Gasteiger partial charge on any atom is 0.206 e. The van der Waals surface area contributed by atoms with Crippen LogP contribution >= 0.6 is 63.7 Å². The number of aromatic nitrogens is 2. The summed E-state index contributed by atoms with van der Waals surface area (Å²) >= 11 is 14.7. The van der Waals surface area contributed by atoms with Crippen molar-refractivity contribution in [1.29, 1.82) is 0 Å². The third-order valence-corrected chi connectivity index (χ3v) is 14.2. The molecule has 0 unspecified atom stereocenters. The molecule has 0 fully saturated rings. The highest BCUT2D eigenvalue weighted by atomic mass is 79.9. The molecular formula is C60H42Br4Cl2N2O8. The number of nitrogens with zero attached hydrogens (tertiary/aromatic N) is 2. The standard InChI is InChI=1S/C60H42Br4N2.2ClHO4/c61-51-19-11-43(12-20-51)55-37-49(41-7-3-1-4-8-41)38-56(44-13-21-52(62)22-14-44)59(55)47-27-31-65(32-28-47)35-36-66-33-29-48(30-34-66)60-57(45-15-23-53(63)24-16-45)39-50(42-9-5-2-6-10-42)40-58(60)46-17-25-54(64)26-18-46;2*2-1(3,4)5/h1-34,37-40H,35-36H2;2*(H,2,3,4,5)/q+2;;/p-2. The first-order valence-electron chi connectivity index (χ1n) is 23.1. The number of hydrogen-bond donors (Lipinski definition) is 0. The second kappa shape index (κ2) is 25.6. The Balaban J connectivity index is 0.000000702. The van der Waals surface area contributed by atoms with E-state index in [2.05, 4.69) is 304 Å². The lowest BCUT2D eigenvalue weighted by atomic mass is 9.85. The summed E-state index contributed by atoms with van der Waals surface area (Å²) in [4.78, 5) is 0. The van der Waals surface area contributed by atoms with Crippen molar-refractivity contribution in [3.05, 3.63) is 249 Å². The zero-order chi connectivity index (χ0) is 54.0. The Kier molecular flexibility index (Phi) is 19.0. The number of rotatable bonds is 11. The summed E-state index contributed by atoms with van der Waals surface area (Å²) < 4.78 is 76.7. The molecule has 0 saturated carbocycles. The summed E-state index contributed by atoms with van der Waals surface area (Å²) in [6.07, 6.45) is 8.87. The number of benzene rings is 8. The normalized spacial score (nSPS) is 11.3. The highest BCUT2D eigenvalue weighted by molar-refractivity contribution is 9.11. The van der Waals surface area contributed by atoms with Crippen molar-refractivity contribution in [3.63, 3.8) is 0 Å². The average Bonchev–Trinajstić information content (AvgIpc) is 3.41. The number of pyridine rings is 2.